The minimum absolute atomic E-state index is 0.00315. The molecule has 0 bridgehead atoms. The van der Waals surface area contributed by atoms with Gasteiger partial charge in [-0.25, -0.2) is 0 Å². The highest BCUT2D eigenvalue weighted by molar-refractivity contribution is 7.80. The number of hydrogen-bond acceptors (Lipinski definition) is 5. The molecule has 0 saturated heterocycles. The van der Waals surface area contributed by atoms with E-state index in [0.717, 1.165) is 5.56 Å². The number of benzene rings is 2. The predicted molar refractivity (Wildman–Crippen MR) is 118 cm³/mol. The lowest BCUT2D eigenvalue weighted by atomic mass is 10.2. The van der Waals surface area contributed by atoms with Gasteiger partial charge in [0.15, 0.2) is 5.11 Å². The summed E-state index contributed by atoms with van der Waals surface area (Å²) < 4.78 is 5.20. The molecule has 0 atom stereocenters. The van der Waals surface area contributed by atoms with Gasteiger partial charge < -0.3 is 10.1 Å². The Hall–Kier alpha value is -3.72. The highest BCUT2D eigenvalue weighted by Gasteiger charge is 2.08. The first-order valence-electron chi connectivity index (χ1n) is 9.03. The maximum absolute atomic E-state index is 11.9. The third-order valence-corrected chi connectivity index (χ3v) is 3.95. The van der Waals surface area contributed by atoms with Gasteiger partial charge in [0.25, 0.3) is 0 Å². The molecule has 0 aliphatic carbocycles. The van der Waals surface area contributed by atoms with E-state index in [1.54, 1.807) is 49.6 Å². The van der Waals surface area contributed by atoms with Crippen LogP contribution in [-0.4, -0.2) is 29.9 Å². The Bertz CT molecular complexity index is 932. The van der Waals surface area contributed by atoms with Crippen LogP contribution in [0.1, 0.15) is 18.4 Å². The summed E-state index contributed by atoms with van der Waals surface area (Å²) in [7, 11) is 1.54. The van der Waals surface area contributed by atoms with Gasteiger partial charge in [-0.3, -0.25) is 30.6 Å². The number of rotatable bonds is 7. The molecule has 2 aromatic rings. The van der Waals surface area contributed by atoms with E-state index < -0.39 is 11.8 Å². The maximum atomic E-state index is 11.9. The van der Waals surface area contributed by atoms with Crippen molar-refractivity contribution in [2.24, 2.45) is 0 Å². The van der Waals surface area contributed by atoms with E-state index in [-0.39, 0.29) is 23.9 Å². The molecule has 156 valence electrons. The van der Waals surface area contributed by atoms with Crippen LogP contribution in [0.3, 0.4) is 0 Å². The van der Waals surface area contributed by atoms with Crippen molar-refractivity contribution in [3.63, 3.8) is 0 Å². The van der Waals surface area contributed by atoms with Gasteiger partial charge >= 0.3 is 0 Å². The monoisotopic (exact) mass is 426 g/mol. The highest BCUT2D eigenvalue weighted by atomic mass is 32.1. The quantitative estimate of drug-likeness (QED) is 0.307. The smallest absolute Gasteiger partial charge is 0.250 e. The van der Waals surface area contributed by atoms with Gasteiger partial charge in [0.2, 0.25) is 17.7 Å². The zero-order valence-electron chi connectivity index (χ0n) is 16.3. The fourth-order valence-corrected chi connectivity index (χ4v) is 2.47. The van der Waals surface area contributed by atoms with Crippen LogP contribution in [0, 0.1) is 0 Å². The number of methoxy groups -OCH3 is 1. The Balaban J connectivity index is 1.68. The largest absolute Gasteiger partial charge is 0.496 e. The van der Waals surface area contributed by atoms with Crippen molar-refractivity contribution < 1.29 is 19.1 Å². The van der Waals surface area contributed by atoms with Crippen molar-refractivity contribution in [1.82, 2.24) is 16.2 Å². The number of carbonyl (C=O) groups is 3. The fraction of sp³-hybridized carbons (Fsp3) is 0.143. The van der Waals surface area contributed by atoms with Crippen molar-refractivity contribution in [2.45, 2.75) is 12.8 Å². The zero-order valence-corrected chi connectivity index (χ0v) is 17.1. The van der Waals surface area contributed by atoms with Gasteiger partial charge in [-0.2, -0.15) is 0 Å². The van der Waals surface area contributed by atoms with Crippen LogP contribution in [-0.2, 0) is 14.4 Å². The third kappa shape index (κ3) is 8.11. The molecule has 0 unspecified atom stereocenters. The molecular weight excluding hydrogens is 404 g/mol. The van der Waals surface area contributed by atoms with Crippen molar-refractivity contribution in [3.05, 3.63) is 66.2 Å². The number of anilines is 1. The number of para-hydroxylation sites is 2. The maximum Gasteiger partial charge on any atom is 0.250 e. The van der Waals surface area contributed by atoms with E-state index in [1.807, 2.05) is 18.2 Å². The van der Waals surface area contributed by atoms with Crippen molar-refractivity contribution >= 4 is 46.8 Å². The number of carbonyl (C=O) groups excluding carboxylic acids is 3. The van der Waals surface area contributed by atoms with Crippen molar-refractivity contribution in [1.29, 1.82) is 0 Å². The average Bonchev–Trinajstić information content (AvgIpc) is 2.75. The van der Waals surface area contributed by atoms with Crippen molar-refractivity contribution in [3.8, 4) is 5.75 Å². The Morgan fingerprint density at radius 2 is 1.60 bits per heavy atom. The number of amides is 3. The Morgan fingerprint density at radius 1 is 0.933 bits per heavy atom. The predicted octanol–water partition coefficient (Wildman–Crippen LogP) is 2.15. The van der Waals surface area contributed by atoms with Gasteiger partial charge in [-0.1, -0.05) is 36.4 Å². The summed E-state index contributed by atoms with van der Waals surface area (Å²) in [4.78, 5) is 35.6. The first-order chi connectivity index (χ1) is 14.5. The normalized spacial score (nSPS) is 10.2. The standard InChI is InChI=1S/C21H22N4O4S/c1-29-17-10-6-5-7-15(17)11-12-19(27)23-21(30)25-24-20(28)14-13-18(26)22-16-8-3-2-4-9-16/h2-12H,13-14H2,1H3,(H,22,26)(H,24,28)(H2,23,25,27,30)/b12-11+. The molecule has 0 spiro atoms. The first-order valence-corrected chi connectivity index (χ1v) is 9.44. The van der Waals surface area contributed by atoms with Gasteiger partial charge in [-0.15, -0.1) is 0 Å². The SMILES string of the molecule is COc1ccccc1/C=C/C(=O)NC(=S)NNC(=O)CCC(=O)Nc1ccccc1. The third-order valence-electron chi connectivity index (χ3n) is 3.74. The van der Waals surface area contributed by atoms with Crippen LogP contribution in [0.2, 0.25) is 0 Å². The van der Waals surface area contributed by atoms with Gasteiger partial charge in [0.1, 0.15) is 5.75 Å². The number of nitrogens with one attached hydrogen (secondary N) is 4. The molecule has 2 rings (SSSR count). The topological polar surface area (TPSA) is 109 Å². The Morgan fingerprint density at radius 3 is 2.33 bits per heavy atom. The Kier molecular flexibility index (Phi) is 9.01. The average molecular weight is 426 g/mol. The van der Waals surface area contributed by atoms with Gasteiger partial charge in [0, 0.05) is 30.2 Å². The molecule has 0 aliphatic heterocycles. The van der Waals surface area contributed by atoms with Gasteiger partial charge in [0.05, 0.1) is 7.11 Å². The molecule has 0 radical (unpaired) electrons. The molecule has 3 amide bonds. The number of thiocarbonyl (C=S) groups is 1. The summed E-state index contributed by atoms with van der Waals surface area (Å²) in [6.45, 7) is 0. The molecule has 0 heterocycles. The minimum Gasteiger partial charge on any atom is -0.496 e. The second-order valence-electron chi connectivity index (χ2n) is 5.98. The Labute approximate surface area is 179 Å². The first kappa shape index (κ1) is 22.6. The molecule has 9 heteroatoms. The van der Waals surface area contributed by atoms with Crippen LogP contribution < -0.4 is 26.2 Å². The summed E-state index contributed by atoms with van der Waals surface area (Å²) in [6.07, 6.45) is 2.83. The lowest BCUT2D eigenvalue weighted by Crippen LogP contribution is -2.48. The van der Waals surface area contributed by atoms with E-state index >= 15 is 0 Å². The molecule has 8 nitrogen and oxygen atoms in total. The van der Waals surface area contributed by atoms with Crippen LogP contribution in [0.5, 0.6) is 5.75 Å². The molecule has 30 heavy (non-hydrogen) atoms. The summed E-state index contributed by atoms with van der Waals surface area (Å²) >= 11 is 4.95. The molecular formula is C21H22N4O4S. The number of hydrogen-bond donors (Lipinski definition) is 4. The second-order valence-corrected chi connectivity index (χ2v) is 6.39. The zero-order chi connectivity index (χ0) is 21.8. The van der Waals surface area contributed by atoms with Crippen LogP contribution in [0.15, 0.2) is 60.7 Å². The number of ether oxygens (including phenoxy) is 1. The molecule has 0 saturated carbocycles. The van der Waals surface area contributed by atoms with E-state index in [2.05, 4.69) is 21.5 Å². The van der Waals surface area contributed by atoms with Gasteiger partial charge in [-0.05, 0) is 36.5 Å². The second kappa shape index (κ2) is 12.0. The lowest BCUT2D eigenvalue weighted by Gasteiger charge is -2.10. The highest BCUT2D eigenvalue weighted by Crippen LogP contribution is 2.18. The summed E-state index contributed by atoms with van der Waals surface area (Å²) in [5.41, 5.74) is 6.14. The summed E-state index contributed by atoms with van der Waals surface area (Å²) in [5, 5.41) is 5.01. The summed E-state index contributed by atoms with van der Waals surface area (Å²) in [5.74, 6) is -0.575. The van der Waals surface area contributed by atoms with E-state index in [0.29, 0.717) is 11.4 Å². The minimum atomic E-state index is -0.477. The van der Waals surface area contributed by atoms with Crippen LogP contribution in [0.4, 0.5) is 5.69 Å². The molecule has 2 aromatic carbocycles. The molecule has 0 aromatic heterocycles. The van der Waals surface area contributed by atoms with E-state index in [9.17, 15) is 14.4 Å². The van der Waals surface area contributed by atoms with E-state index in [1.165, 1.54) is 6.08 Å². The lowest BCUT2D eigenvalue weighted by molar-refractivity contribution is -0.124. The summed E-state index contributed by atoms with van der Waals surface area (Å²) in [6, 6.07) is 16.2. The molecule has 0 fully saturated rings. The van der Waals surface area contributed by atoms with Crippen molar-refractivity contribution in [2.75, 3.05) is 12.4 Å². The van der Waals surface area contributed by atoms with Crippen LogP contribution >= 0.6 is 12.2 Å². The molecule has 4 N–H and O–H groups in total. The fourth-order valence-electron chi connectivity index (χ4n) is 2.32. The van der Waals surface area contributed by atoms with E-state index in [4.69, 9.17) is 17.0 Å². The van der Waals surface area contributed by atoms with Crippen LogP contribution in [0.25, 0.3) is 6.08 Å². The number of hydrazine groups is 1. The molecule has 0 aliphatic rings.